The highest BCUT2D eigenvalue weighted by atomic mass is 16.6. The summed E-state index contributed by atoms with van der Waals surface area (Å²) in [6, 6.07) is 1.02. The fraction of sp³-hybridized carbons (Fsp3) is 0.300. The highest BCUT2D eigenvalue weighted by Gasteiger charge is 2.24. The fourth-order valence-electron chi connectivity index (χ4n) is 1.44. The third-order valence-corrected chi connectivity index (χ3v) is 2.24. The lowest BCUT2D eigenvalue weighted by Gasteiger charge is -2.10. The molecule has 0 bridgehead atoms. The van der Waals surface area contributed by atoms with Gasteiger partial charge in [0.05, 0.1) is 17.6 Å². The first-order valence-corrected chi connectivity index (χ1v) is 4.46. The van der Waals surface area contributed by atoms with Crippen LogP contribution in [0.5, 0.6) is 11.5 Å². The number of methoxy groups -OCH3 is 1. The van der Waals surface area contributed by atoms with E-state index >= 15 is 0 Å². The predicted molar refractivity (Wildman–Crippen MR) is 56.1 cm³/mol. The lowest BCUT2D eigenvalue weighted by molar-refractivity contribution is -0.386. The van der Waals surface area contributed by atoms with Crippen LogP contribution in [0.3, 0.4) is 0 Å². The Hall–Kier alpha value is -2.11. The lowest BCUT2D eigenvalue weighted by atomic mass is 10.0. The topological polar surface area (TPSA) is 89.7 Å². The van der Waals surface area contributed by atoms with E-state index in [4.69, 9.17) is 4.74 Å². The van der Waals surface area contributed by atoms with Crippen LogP contribution in [0.1, 0.15) is 22.8 Å². The highest BCUT2D eigenvalue weighted by Crippen LogP contribution is 2.38. The van der Waals surface area contributed by atoms with Crippen molar-refractivity contribution < 1.29 is 19.6 Å². The summed E-state index contributed by atoms with van der Waals surface area (Å²) < 4.78 is 4.95. The SMILES string of the molecule is COc1c(C(C)=O)cc([N+](=O)[O-])c(O)c1C. The summed E-state index contributed by atoms with van der Waals surface area (Å²) in [5, 5.41) is 20.2. The van der Waals surface area contributed by atoms with Crippen molar-refractivity contribution in [2.45, 2.75) is 13.8 Å². The van der Waals surface area contributed by atoms with Crippen molar-refractivity contribution in [1.82, 2.24) is 0 Å². The number of ether oxygens (including phenoxy) is 1. The van der Waals surface area contributed by atoms with Crippen LogP contribution in [0, 0.1) is 17.0 Å². The zero-order valence-corrected chi connectivity index (χ0v) is 9.10. The molecular formula is C10H11NO5. The number of carbonyl (C=O) groups is 1. The quantitative estimate of drug-likeness (QED) is 0.481. The van der Waals surface area contributed by atoms with Gasteiger partial charge in [-0.15, -0.1) is 0 Å². The van der Waals surface area contributed by atoms with Crippen LogP contribution in [0.4, 0.5) is 5.69 Å². The fourth-order valence-corrected chi connectivity index (χ4v) is 1.44. The number of nitro groups is 1. The summed E-state index contributed by atoms with van der Waals surface area (Å²) in [6.07, 6.45) is 0. The summed E-state index contributed by atoms with van der Waals surface area (Å²) in [5.41, 5.74) is -0.227. The van der Waals surface area contributed by atoms with E-state index in [9.17, 15) is 20.0 Å². The molecule has 1 rings (SSSR count). The smallest absolute Gasteiger partial charge is 0.311 e. The second-order valence-electron chi connectivity index (χ2n) is 3.26. The third kappa shape index (κ3) is 1.81. The molecule has 0 spiro atoms. The Kier molecular flexibility index (Phi) is 3.12. The average Bonchev–Trinajstić information content (AvgIpc) is 2.20. The largest absolute Gasteiger partial charge is 0.502 e. The first-order valence-electron chi connectivity index (χ1n) is 4.46. The van der Waals surface area contributed by atoms with Gasteiger partial charge in [0, 0.05) is 11.6 Å². The molecule has 6 nitrogen and oxygen atoms in total. The molecular weight excluding hydrogens is 214 g/mol. The number of phenols is 1. The molecule has 0 aromatic heterocycles. The van der Waals surface area contributed by atoms with Gasteiger partial charge in [-0.05, 0) is 13.8 Å². The normalized spacial score (nSPS) is 9.94. The van der Waals surface area contributed by atoms with E-state index in [1.165, 1.54) is 21.0 Å². The van der Waals surface area contributed by atoms with Crippen LogP contribution >= 0.6 is 0 Å². The van der Waals surface area contributed by atoms with Gasteiger partial charge in [0.2, 0.25) is 5.75 Å². The minimum atomic E-state index is -0.742. The van der Waals surface area contributed by atoms with Gasteiger partial charge in [0.15, 0.2) is 5.78 Å². The molecule has 0 unspecified atom stereocenters. The number of hydrogen-bond donors (Lipinski definition) is 1. The van der Waals surface area contributed by atoms with E-state index in [1.54, 1.807) is 0 Å². The van der Waals surface area contributed by atoms with Crippen molar-refractivity contribution >= 4 is 11.5 Å². The summed E-state index contributed by atoms with van der Waals surface area (Å²) in [6.45, 7) is 2.73. The van der Waals surface area contributed by atoms with E-state index in [0.717, 1.165) is 6.07 Å². The van der Waals surface area contributed by atoms with Crippen molar-refractivity contribution in [1.29, 1.82) is 0 Å². The zero-order valence-electron chi connectivity index (χ0n) is 9.10. The van der Waals surface area contributed by atoms with Crippen molar-refractivity contribution in [3.05, 3.63) is 27.3 Å². The molecule has 0 heterocycles. The van der Waals surface area contributed by atoms with Crippen molar-refractivity contribution in [3.63, 3.8) is 0 Å². The Labute approximate surface area is 91.6 Å². The van der Waals surface area contributed by atoms with Gasteiger partial charge in [-0.2, -0.15) is 0 Å². The Bertz CT molecular complexity index is 467. The van der Waals surface area contributed by atoms with E-state index in [-0.39, 0.29) is 22.7 Å². The molecule has 0 aliphatic heterocycles. The number of carbonyl (C=O) groups excluding carboxylic acids is 1. The van der Waals surface area contributed by atoms with E-state index in [0.29, 0.717) is 0 Å². The summed E-state index contributed by atoms with van der Waals surface area (Å²) in [7, 11) is 1.33. The van der Waals surface area contributed by atoms with E-state index < -0.39 is 16.4 Å². The number of benzene rings is 1. The monoisotopic (exact) mass is 225 g/mol. The lowest BCUT2D eigenvalue weighted by Crippen LogP contribution is -2.02. The maximum atomic E-state index is 11.3. The van der Waals surface area contributed by atoms with E-state index in [2.05, 4.69) is 0 Å². The molecule has 0 saturated heterocycles. The summed E-state index contributed by atoms with van der Waals surface area (Å²) in [4.78, 5) is 21.2. The van der Waals surface area contributed by atoms with Crippen LogP contribution in [-0.4, -0.2) is 22.9 Å². The number of nitro benzene ring substituents is 1. The van der Waals surface area contributed by atoms with Crippen molar-refractivity contribution in [2.75, 3.05) is 7.11 Å². The molecule has 0 atom stereocenters. The molecule has 86 valence electrons. The van der Waals surface area contributed by atoms with Crippen LogP contribution in [0.15, 0.2) is 6.07 Å². The molecule has 0 aliphatic carbocycles. The molecule has 1 aromatic rings. The summed E-state index contributed by atoms with van der Waals surface area (Å²) in [5.74, 6) is -0.675. The second kappa shape index (κ2) is 4.18. The number of Topliss-reactive ketones (excluding diaryl/α,β-unsaturated/α-hetero) is 1. The van der Waals surface area contributed by atoms with Gasteiger partial charge >= 0.3 is 5.69 Å². The van der Waals surface area contributed by atoms with Crippen LogP contribution < -0.4 is 4.74 Å². The minimum Gasteiger partial charge on any atom is -0.502 e. The molecule has 0 amide bonds. The first-order chi connectivity index (χ1) is 7.40. The molecule has 0 radical (unpaired) electrons. The Morgan fingerprint density at radius 3 is 2.50 bits per heavy atom. The Morgan fingerprint density at radius 1 is 1.56 bits per heavy atom. The highest BCUT2D eigenvalue weighted by molar-refractivity contribution is 5.98. The van der Waals surface area contributed by atoms with Crippen LogP contribution in [0.25, 0.3) is 0 Å². The Balaban J connectivity index is 3.62. The van der Waals surface area contributed by atoms with Crippen LogP contribution in [-0.2, 0) is 0 Å². The number of nitrogens with zero attached hydrogens (tertiary/aromatic N) is 1. The first kappa shape index (κ1) is 12.0. The zero-order chi connectivity index (χ0) is 12.5. The maximum absolute atomic E-state index is 11.3. The number of hydrogen-bond acceptors (Lipinski definition) is 5. The van der Waals surface area contributed by atoms with Gasteiger partial charge in [-0.1, -0.05) is 0 Å². The molecule has 6 heteroatoms. The second-order valence-corrected chi connectivity index (χ2v) is 3.26. The third-order valence-electron chi connectivity index (χ3n) is 2.24. The molecule has 0 aliphatic rings. The number of rotatable bonds is 3. The summed E-state index contributed by atoms with van der Waals surface area (Å²) >= 11 is 0. The minimum absolute atomic E-state index is 0.0875. The van der Waals surface area contributed by atoms with Gasteiger partial charge in [0.1, 0.15) is 5.75 Å². The van der Waals surface area contributed by atoms with Crippen molar-refractivity contribution in [2.24, 2.45) is 0 Å². The average molecular weight is 225 g/mol. The van der Waals surface area contributed by atoms with Gasteiger partial charge < -0.3 is 9.84 Å². The molecule has 16 heavy (non-hydrogen) atoms. The van der Waals surface area contributed by atoms with E-state index in [1.807, 2.05) is 0 Å². The molecule has 1 aromatic carbocycles. The number of phenolic OH excluding ortho intramolecular Hbond substituents is 1. The van der Waals surface area contributed by atoms with Crippen molar-refractivity contribution in [3.8, 4) is 11.5 Å². The van der Waals surface area contributed by atoms with Crippen LogP contribution in [0.2, 0.25) is 0 Å². The van der Waals surface area contributed by atoms with Gasteiger partial charge in [-0.3, -0.25) is 14.9 Å². The Morgan fingerprint density at radius 2 is 2.12 bits per heavy atom. The number of aromatic hydroxyl groups is 1. The molecule has 0 fully saturated rings. The molecule has 0 saturated carbocycles. The predicted octanol–water partition coefficient (Wildman–Crippen LogP) is 1.82. The standard InChI is InChI=1S/C10H11NO5/c1-5-9(13)8(11(14)15)4-7(6(2)12)10(5)16-3/h4,13H,1-3H3. The van der Waals surface area contributed by atoms with Gasteiger partial charge in [-0.25, -0.2) is 0 Å². The molecule has 1 N–H and O–H groups in total. The number of ketones is 1. The maximum Gasteiger partial charge on any atom is 0.311 e. The van der Waals surface area contributed by atoms with Gasteiger partial charge in [0.25, 0.3) is 0 Å².